The largest absolute Gasteiger partial charge is 0.396 e. The zero-order chi connectivity index (χ0) is 14.8. The van der Waals surface area contributed by atoms with Crippen molar-refractivity contribution in [2.24, 2.45) is 0 Å². The molecule has 0 saturated heterocycles. The van der Waals surface area contributed by atoms with E-state index in [1.165, 1.54) is 0 Å². The van der Waals surface area contributed by atoms with Gasteiger partial charge in [0.1, 0.15) is 17.5 Å². The fourth-order valence-corrected chi connectivity index (χ4v) is 1.97. The molecule has 0 spiro atoms. The first-order chi connectivity index (χ1) is 9.69. The molecule has 0 aromatic carbocycles. The van der Waals surface area contributed by atoms with Crippen molar-refractivity contribution in [1.29, 1.82) is 0 Å². The Kier molecular flexibility index (Phi) is 7.95. The lowest BCUT2D eigenvalue weighted by Crippen LogP contribution is -2.17. The molecule has 1 unspecified atom stereocenters. The highest BCUT2D eigenvalue weighted by molar-refractivity contribution is 5.48. The van der Waals surface area contributed by atoms with Crippen LogP contribution in [0.5, 0.6) is 0 Å². The SMILES string of the molecule is CCCNc1cc(NC(C)CCCO)nc(CCC)n1. The summed E-state index contributed by atoms with van der Waals surface area (Å²) in [6, 6.07) is 2.26. The van der Waals surface area contributed by atoms with Crippen molar-refractivity contribution >= 4 is 11.6 Å². The highest BCUT2D eigenvalue weighted by Crippen LogP contribution is 2.14. The van der Waals surface area contributed by atoms with Crippen molar-refractivity contribution < 1.29 is 5.11 Å². The molecule has 0 bridgehead atoms. The first-order valence-electron chi connectivity index (χ1n) is 7.68. The number of hydrogen-bond donors (Lipinski definition) is 3. The topological polar surface area (TPSA) is 70.1 Å². The van der Waals surface area contributed by atoms with Crippen LogP contribution >= 0.6 is 0 Å². The van der Waals surface area contributed by atoms with Crippen molar-refractivity contribution in [2.75, 3.05) is 23.8 Å². The van der Waals surface area contributed by atoms with E-state index in [9.17, 15) is 0 Å². The van der Waals surface area contributed by atoms with Crippen LogP contribution in [0.25, 0.3) is 0 Å². The fraction of sp³-hybridized carbons (Fsp3) is 0.733. The molecule has 0 aliphatic heterocycles. The maximum absolute atomic E-state index is 8.87. The molecule has 1 heterocycles. The van der Waals surface area contributed by atoms with Gasteiger partial charge in [-0.3, -0.25) is 0 Å². The van der Waals surface area contributed by atoms with Crippen molar-refractivity contribution in [2.45, 2.75) is 58.9 Å². The highest BCUT2D eigenvalue weighted by Gasteiger charge is 2.07. The Morgan fingerprint density at radius 1 is 1.20 bits per heavy atom. The molecule has 0 aliphatic rings. The van der Waals surface area contributed by atoms with E-state index < -0.39 is 0 Å². The number of rotatable bonds is 10. The quantitative estimate of drug-likeness (QED) is 0.615. The van der Waals surface area contributed by atoms with E-state index in [0.29, 0.717) is 6.04 Å². The van der Waals surface area contributed by atoms with Crippen LogP contribution in [-0.4, -0.2) is 34.3 Å². The van der Waals surface area contributed by atoms with Crippen LogP contribution in [0, 0.1) is 0 Å². The van der Waals surface area contributed by atoms with Crippen LogP contribution in [0.3, 0.4) is 0 Å². The van der Waals surface area contributed by atoms with Crippen molar-refractivity contribution in [3.63, 3.8) is 0 Å². The zero-order valence-corrected chi connectivity index (χ0v) is 12.9. The fourth-order valence-electron chi connectivity index (χ4n) is 1.97. The van der Waals surface area contributed by atoms with Gasteiger partial charge in [-0.2, -0.15) is 0 Å². The number of anilines is 2. The Morgan fingerprint density at radius 3 is 2.60 bits per heavy atom. The van der Waals surface area contributed by atoms with Crippen LogP contribution in [0.2, 0.25) is 0 Å². The van der Waals surface area contributed by atoms with Crippen LogP contribution in [0.1, 0.15) is 52.3 Å². The van der Waals surface area contributed by atoms with Crippen LogP contribution in [0.4, 0.5) is 11.6 Å². The average Bonchev–Trinajstić information content (AvgIpc) is 2.43. The molecule has 1 aromatic heterocycles. The summed E-state index contributed by atoms with van der Waals surface area (Å²) in [7, 11) is 0. The minimum atomic E-state index is 0.236. The molecule has 114 valence electrons. The Bertz CT molecular complexity index is 384. The minimum absolute atomic E-state index is 0.236. The van der Waals surface area contributed by atoms with Gasteiger partial charge >= 0.3 is 0 Å². The molecule has 5 nitrogen and oxygen atoms in total. The van der Waals surface area contributed by atoms with Gasteiger partial charge in [-0.05, 0) is 32.6 Å². The minimum Gasteiger partial charge on any atom is -0.396 e. The van der Waals surface area contributed by atoms with E-state index in [-0.39, 0.29) is 6.61 Å². The number of aromatic nitrogens is 2. The second-order valence-corrected chi connectivity index (χ2v) is 5.14. The van der Waals surface area contributed by atoms with E-state index in [1.807, 2.05) is 6.07 Å². The molecule has 1 aromatic rings. The smallest absolute Gasteiger partial charge is 0.133 e. The van der Waals surface area contributed by atoms with Gasteiger partial charge in [0, 0.05) is 31.7 Å². The first kappa shape index (κ1) is 16.7. The molecule has 0 saturated carbocycles. The summed E-state index contributed by atoms with van der Waals surface area (Å²) in [4.78, 5) is 9.08. The van der Waals surface area contributed by atoms with E-state index in [1.54, 1.807) is 0 Å². The summed E-state index contributed by atoms with van der Waals surface area (Å²) in [6.45, 7) is 7.53. The summed E-state index contributed by atoms with van der Waals surface area (Å²) in [5, 5.41) is 15.6. The molecule has 5 heteroatoms. The zero-order valence-electron chi connectivity index (χ0n) is 12.9. The lowest BCUT2D eigenvalue weighted by Gasteiger charge is -2.16. The summed E-state index contributed by atoms with van der Waals surface area (Å²) >= 11 is 0. The van der Waals surface area contributed by atoms with Crippen molar-refractivity contribution in [1.82, 2.24) is 9.97 Å². The van der Waals surface area contributed by atoms with Gasteiger partial charge in [-0.1, -0.05) is 13.8 Å². The molecule has 0 aliphatic carbocycles. The Labute approximate surface area is 122 Å². The number of nitrogens with one attached hydrogen (secondary N) is 2. The summed E-state index contributed by atoms with van der Waals surface area (Å²) in [5.41, 5.74) is 0. The summed E-state index contributed by atoms with van der Waals surface area (Å²) in [6.07, 6.45) is 4.74. The number of hydrogen-bond acceptors (Lipinski definition) is 5. The van der Waals surface area contributed by atoms with Gasteiger partial charge < -0.3 is 15.7 Å². The maximum atomic E-state index is 8.87. The second-order valence-electron chi connectivity index (χ2n) is 5.14. The number of aliphatic hydroxyl groups excluding tert-OH is 1. The lowest BCUT2D eigenvalue weighted by molar-refractivity contribution is 0.282. The molecule has 3 N–H and O–H groups in total. The average molecular weight is 280 g/mol. The number of nitrogens with zero attached hydrogens (tertiary/aromatic N) is 2. The van der Waals surface area contributed by atoms with E-state index in [0.717, 1.165) is 56.1 Å². The summed E-state index contributed by atoms with van der Waals surface area (Å²) < 4.78 is 0. The normalized spacial score (nSPS) is 12.2. The lowest BCUT2D eigenvalue weighted by atomic mass is 10.2. The molecular weight excluding hydrogens is 252 g/mol. The maximum Gasteiger partial charge on any atom is 0.133 e. The third-order valence-corrected chi connectivity index (χ3v) is 2.99. The monoisotopic (exact) mass is 280 g/mol. The second kappa shape index (κ2) is 9.53. The Balaban J connectivity index is 2.73. The van der Waals surface area contributed by atoms with Crippen LogP contribution in [0.15, 0.2) is 6.07 Å². The highest BCUT2D eigenvalue weighted by atomic mass is 16.2. The number of aliphatic hydroxyl groups is 1. The third-order valence-electron chi connectivity index (χ3n) is 2.99. The van der Waals surface area contributed by atoms with Gasteiger partial charge in [0.05, 0.1) is 0 Å². The predicted octanol–water partition coefficient (Wildman–Crippen LogP) is 2.82. The molecule has 0 radical (unpaired) electrons. The van der Waals surface area contributed by atoms with Crippen molar-refractivity contribution in [3.05, 3.63) is 11.9 Å². The molecule has 0 amide bonds. The molecule has 20 heavy (non-hydrogen) atoms. The van der Waals surface area contributed by atoms with Gasteiger partial charge in [-0.25, -0.2) is 9.97 Å². The van der Waals surface area contributed by atoms with Gasteiger partial charge in [0.2, 0.25) is 0 Å². The molecule has 1 atom stereocenters. The van der Waals surface area contributed by atoms with E-state index in [2.05, 4.69) is 41.4 Å². The van der Waals surface area contributed by atoms with Gasteiger partial charge in [0.25, 0.3) is 0 Å². The van der Waals surface area contributed by atoms with Crippen molar-refractivity contribution in [3.8, 4) is 0 Å². The van der Waals surface area contributed by atoms with Crippen LogP contribution < -0.4 is 10.6 Å². The van der Waals surface area contributed by atoms with Crippen LogP contribution in [-0.2, 0) is 6.42 Å². The third kappa shape index (κ3) is 6.19. The summed E-state index contributed by atoms with van der Waals surface area (Å²) in [5.74, 6) is 2.64. The molecule has 1 rings (SSSR count). The Hall–Kier alpha value is -1.36. The molecule has 0 fully saturated rings. The van der Waals surface area contributed by atoms with E-state index in [4.69, 9.17) is 5.11 Å². The standard InChI is InChI=1S/C15H28N4O/c1-4-7-13-18-14(16-9-5-2)11-15(19-13)17-12(3)8-6-10-20/h11-12,20H,4-10H2,1-3H3,(H2,16,17,18,19). The van der Waals surface area contributed by atoms with E-state index >= 15 is 0 Å². The van der Waals surface area contributed by atoms with Gasteiger partial charge in [0.15, 0.2) is 0 Å². The number of aryl methyl sites for hydroxylation is 1. The first-order valence-corrected chi connectivity index (χ1v) is 7.68. The predicted molar refractivity (Wildman–Crippen MR) is 84.2 cm³/mol. The molecular formula is C15H28N4O. The Morgan fingerprint density at radius 2 is 1.95 bits per heavy atom. The van der Waals surface area contributed by atoms with Gasteiger partial charge in [-0.15, -0.1) is 0 Å².